The van der Waals surface area contributed by atoms with Crippen LogP contribution in [0, 0.1) is 0 Å². The molecule has 0 aliphatic carbocycles. The van der Waals surface area contributed by atoms with Gasteiger partial charge in [0.2, 0.25) is 0 Å². The van der Waals surface area contributed by atoms with Crippen molar-refractivity contribution in [2.75, 3.05) is 0 Å². The zero-order chi connectivity index (χ0) is 40.5. The predicted octanol–water partition coefficient (Wildman–Crippen LogP) is 14.5. The summed E-state index contributed by atoms with van der Waals surface area (Å²) in [6, 6.07) is 74.9. The number of aromatic nitrogens is 4. The third kappa shape index (κ3) is 6.94. The van der Waals surface area contributed by atoms with Gasteiger partial charge < -0.3 is 4.42 Å². The van der Waals surface area contributed by atoms with Gasteiger partial charge in [-0.05, 0) is 35.4 Å². The highest BCUT2D eigenvalue weighted by Gasteiger charge is 2.18. The van der Waals surface area contributed by atoms with Crippen molar-refractivity contribution < 1.29 is 4.42 Å². The van der Waals surface area contributed by atoms with E-state index in [2.05, 4.69) is 146 Å². The van der Waals surface area contributed by atoms with Crippen LogP contribution >= 0.6 is 0 Å². The van der Waals surface area contributed by atoms with Crippen molar-refractivity contribution in [3.63, 3.8) is 0 Å². The first kappa shape index (κ1) is 35.8. The van der Waals surface area contributed by atoms with Crippen LogP contribution in [0.1, 0.15) is 0 Å². The standard InChI is InChI=1S/C56H36N4O/c1-5-17-37(18-6-1)49-35-50(38-19-7-2-8-20-38)58-55(57-49)43-27-13-25-41(33-43)45-29-15-31-47-48-32-16-30-46(54(48)61-53(45)47)42-26-14-28-44(34-42)56-59-51(39-21-9-3-10-22-39)36-52(60-56)40-23-11-4-12-24-40/h1-36H. The number of nitrogens with zero attached hydrogens (tertiary/aromatic N) is 4. The molecule has 0 aliphatic heterocycles. The van der Waals surface area contributed by atoms with Gasteiger partial charge in [-0.1, -0.05) is 194 Å². The van der Waals surface area contributed by atoms with Gasteiger partial charge >= 0.3 is 0 Å². The van der Waals surface area contributed by atoms with Gasteiger partial charge in [-0.15, -0.1) is 0 Å². The lowest BCUT2D eigenvalue weighted by Crippen LogP contribution is -1.96. The second-order valence-electron chi connectivity index (χ2n) is 15.0. The fourth-order valence-electron chi connectivity index (χ4n) is 8.11. The fourth-order valence-corrected chi connectivity index (χ4v) is 8.11. The minimum atomic E-state index is 0.662. The Morgan fingerprint density at radius 2 is 0.541 bits per heavy atom. The van der Waals surface area contributed by atoms with Gasteiger partial charge in [0.25, 0.3) is 0 Å². The quantitative estimate of drug-likeness (QED) is 0.154. The van der Waals surface area contributed by atoms with Crippen LogP contribution < -0.4 is 0 Å². The van der Waals surface area contributed by atoms with Crippen LogP contribution in [0.25, 0.3) is 112 Å². The molecule has 5 nitrogen and oxygen atoms in total. The number of para-hydroxylation sites is 2. The lowest BCUT2D eigenvalue weighted by atomic mass is 9.98. The molecule has 286 valence electrons. The molecule has 0 amide bonds. The highest BCUT2D eigenvalue weighted by Crippen LogP contribution is 2.41. The maximum atomic E-state index is 6.96. The van der Waals surface area contributed by atoms with Gasteiger partial charge in [0.15, 0.2) is 11.6 Å². The number of benzene rings is 8. The van der Waals surface area contributed by atoms with Crippen LogP contribution in [-0.2, 0) is 0 Å². The molecule has 3 aromatic heterocycles. The molecule has 0 spiro atoms. The van der Waals surface area contributed by atoms with Gasteiger partial charge in [0.05, 0.1) is 22.8 Å². The Morgan fingerprint density at radius 1 is 0.246 bits per heavy atom. The number of rotatable bonds is 8. The van der Waals surface area contributed by atoms with E-state index in [4.69, 9.17) is 24.4 Å². The predicted molar refractivity (Wildman–Crippen MR) is 248 cm³/mol. The van der Waals surface area contributed by atoms with E-state index >= 15 is 0 Å². The van der Waals surface area contributed by atoms with Crippen molar-refractivity contribution in [1.82, 2.24) is 19.9 Å². The summed E-state index contributed by atoms with van der Waals surface area (Å²) >= 11 is 0. The first-order valence-corrected chi connectivity index (χ1v) is 20.4. The summed E-state index contributed by atoms with van der Waals surface area (Å²) in [6.07, 6.45) is 0. The maximum absolute atomic E-state index is 6.96. The molecule has 0 saturated carbocycles. The second kappa shape index (κ2) is 15.5. The Labute approximate surface area is 353 Å². The van der Waals surface area contributed by atoms with E-state index in [1.165, 1.54) is 0 Å². The fraction of sp³-hybridized carbons (Fsp3) is 0. The molecule has 8 aromatic carbocycles. The summed E-state index contributed by atoms with van der Waals surface area (Å²) in [5, 5.41) is 2.10. The smallest absolute Gasteiger partial charge is 0.160 e. The highest BCUT2D eigenvalue weighted by atomic mass is 16.3. The molecule has 11 rings (SSSR count). The van der Waals surface area contributed by atoms with Crippen molar-refractivity contribution in [2.45, 2.75) is 0 Å². The van der Waals surface area contributed by atoms with E-state index < -0.39 is 0 Å². The molecule has 0 bridgehead atoms. The van der Waals surface area contributed by atoms with Gasteiger partial charge in [0.1, 0.15) is 11.2 Å². The number of fused-ring (bicyclic) bond motifs is 3. The molecule has 0 fully saturated rings. The summed E-state index contributed by atoms with van der Waals surface area (Å²) in [7, 11) is 0. The summed E-state index contributed by atoms with van der Waals surface area (Å²) < 4.78 is 6.96. The lowest BCUT2D eigenvalue weighted by Gasteiger charge is -2.11. The Balaban J connectivity index is 1.00. The van der Waals surface area contributed by atoms with Gasteiger partial charge in [-0.25, -0.2) is 19.9 Å². The molecule has 0 radical (unpaired) electrons. The van der Waals surface area contributed by atoms with Gasteiger partial charge in [0, 0.05) is 55.3 Å². The number of hydrogen-bond donors (Lipinski definition) is 0. The van der Waals surface area contributed by atoms with E-state index in [0.717, 1.165) is 100 Å². The van der Waals surface area contributed by atoms with Crippen LogP contribution in [0.15, 0.2) is 223 Å². The zero-order valence-electron chi connectivity index (χ0n) is 33.0. The Hall–Kier alpha value is -8.28. The Kier molecular flexibility index (Phi) is 9.10. The topological polar surface area (TPSA) is 64.7 Å². The largest absolute Gasteiger partial charge is 0.455 e. The van der Waals surface area contributed by atoms with Crippen LogP contribution in [0.5, 0.6) is 0 Å². The molecule has 0 unspecified atom stereocenters. The molecular weight excluding hydrogens is 745 g/mol. The van der Waals surface area contributed by atoms with E-state index in [1.54, 1.807) is 0 Å². The average molecular weight is 781 g/mol. The van der Waals surface area contributed by atoms with E-state index in [9.17, 15) is 0 Å². The molecule has 11 aromatic rings. The first-order valence-electron chi connectivity index (χ1n) is 20.4. The van der Waals surface area contributed by atoms with Crippen LogP contribution in [0.4, 0.5) is 0 Å². The van der Waals surface area contributed by atoms with Crippen molar-refractivity contribution in [3.05, 3.63) is 218 Å². The van der Waals surface area contributed by atoms with Gasteiger partial charge in [-0.3, -0.25) is 0 Å². The van der Waals surface area contributed by atoms with Crippen molar-refractivity contribution in [2.24, 2.45) is 0 Å². The van der Waals surface area contributed by atoms with Crippen LogP contribution in [0.3, 0.4) is 0 Å². The SMILES string of the molecule is c1ccc(-c2cc(-c3ccccc3)nc(-c3cccc(-c4cccc5c4oc4c(-c6cccc(-c7nc(-c8ccccc8)cc(-c8ccccc8)n7)c6)cccc45)c3)n2)cc1. The van der Waals surface area contributed by atoms with Crippen LogP contribution in [0.2, 0.25) is 0 Å². The first-order chi connectivity index (χ1) is 30.2. The van der Waals surface area contributed by atoms with Crippen molar-refractivity contribution in [1.29, 1.82) is 0 Å². The summed E-state index contributed by atoms with van der Waals surface area (Å²) in [6.45, 7) is 0. The minimum absolute atomic E-state index is 0.662. The van der Waals surface area contributed by atoms with Crippen molar-refractivity contribution >= 4 is 21.9 Å². The Bertz CT molecular complexity index is 3010. The number of hydrogen-bond acceptors (Lipinski definition) is 5. The average Bonchev–Trinajstić information content (AvgIpc) is 3.74. The normalized spacial score (nSPS) is 11.3. The summed E-state index contributed by atoms with van der Waals surface area (Å²) in [4.78, 5) is 20.4. The Morgan fingerprint density at radius 3 is 0.885 bits per heavy atom. The molecule has 0 saturated heterocycles. The summed E-state index contributed by atoms with van der Waals surface area (Å²) in [5.41, 5.74) is 15.2. The van der Waals surface area contributed by atoms with Crippen LogP contribution in [-0.4, -0.2) is 19.9 Å². The lowest BCUT2D eigenvalue weighted by molar-refractivity contribution is 0.671. The third-order valence-corrected chi connectivity index (χ3v) is 11.1. The molecule has 5 heteroatoms. The summed E-state index contributed by atoms with van der Waals surface area (Å²) in [5.74, 6) is 1.32. The molecule has 0 N–H and O–H groups in total. The highest BCUT2D eigenvalue weighted by molar-refractivity contribution is 6.13. The molecule has 3 heterocycles. The van der Waals surface area contributed by atoms with E-state index in [-0.39, 0.29) is 0 Å². The number of furan rings is 1. The third-order valence-electron chi connectivity index (χ3n) is 11.1. The van der Waals surface area contributed by atoms with E-state index in [1.807, 2.05) is 72.8 Å². The van der Waals surface area contributed by atoms with Gasteiger partial charge in [-0.2, -0.15) is 0 Å². The molecule has 0 aliphatic rings. The minimum Gasteiger partial charge on any atom is -0.455 e. The zero-order valence-corrected chi connectivity index (χ0v) is 33.0. The maximum Gasteiger partial charge on any atom is 0.160 e. The molecular formula is C56H36N4O. The monoisotopic (exact) mass is 780 g/mol. The molecule has 0 atom stereocenters. The van der Waals surface area contributed by atoms with E-state index in [0.29, 0.717) is 11.6 Å². The van der Waals surface area contributed by atoms with Crippen molar-refractivity contribution in [3.8, 4) is 90.1 Å². The second-order valence-corrected chi connectivity index (χ2v) is 15.0. The molecule has 61 heavy (non-hydrogen) atoms.